The summed E-state index contributed by atoms with van der Waals surface area (Å²) in [4.78, 5) is 17.3. The molecule has 0 saturated heterocycles. The number of fused-ring (bicyclic) bond motifs is 2. The van der Waals surface area contributed by atoms with Crippen molar-refractivity contribution in [2.45, 2.75) is 38.1 Å². The van der Waals surface area contributed by atoms with E-state index in [0.717, 1.165) is 29.0 Å². The van der Waals surface area contributed by atoms with Crippen LogP contribution in [0.4, 0.5) is 0 Å². The Morgan fingerprint density at radius 1 is 1.31 bits per heavy atom. The first-order chi connectivity index (χ1) is 12.6. The van der Waals surface area contributed by atoms with E-state index in [9.17, 15) is 4.79 Å². The first kappa shape index (κ1) is 17.1. The minimum atomic E-state index is -0.244. The third kappa shape index (κ3) is 3.35. The summed E-state index contributed by atoms with van der Waals surface area (Å²) in [6, 6.07) is 7.60. The molecule has 1 amide bonds. The average Bonchev–Trinajstić information content (AvgIpc) is 3.37. The molecule has 0 aliphatic heterocycles. The van der Waals surface area contributed by atoms with E-state index in [2.05, 4.69) is 10.3 Å². The normalized spacial score (nSPS) is 25.2. The largest absolute Gasteiger partial charge is 0.497 e. The standard InChI is InChI=1S/C21H27N3O2/c1-24-10-9-22-21(24)20(15-5-7-18(26-2)8-6-15)23-19(25)13-17-12-14-3-4-16(17)11-14/h5-10,14,16-17,20H,3-4,11-13H2,1-2H3,(H,23,25)/t14-,16-,17+,20-/m0/s1. The molecule has 2 aliphatic rings. The zero-order valence-corrected chi connectivity index (χ0v) is 15.5. The summed E-state index contributed by atoms with van der Waals surface area (Å²) in [7, 11) is 3.61. The fraction of sp³-hybridized carbons (Fsp3) is 0.524. The maximum atomic E-state index is 12.8. The van der Waals surface area contributed by atoms with E-state index in [1.165, 1.54) is 25.7 Å². The first-order valence-corrected chi connectivity index (χ1v) is 9.54. The van der Waals surface area contributed by atoms with Gasteiger partial charge in [0, 0.05) is 25.9 Å². The molecule has 2 fully saturated rings. The zero-order chi connectivity index (χ0) is 18.1. The Morgan fingerprint density at radius 2 is 2.12 bits per heavy atom. The number of hydrogen-bond donors (Lipinski definition) is 1. The van der Waals surface area contributed by atoms with Crippen molar-refractivity contribution in [1.29, 1.82) is 0 Å². The smallest absolute Gasteiger partial charge is 0.221 e. The highest BCUT2D eigenvalue weighted by Crippen LogP contribution is 2.49. The molecule has 1 aromatic carbocycles. The lowest BCUT2D eigenvalue weighted by molar-refractivity contribution is -0.123. The lowest BCUT2D eigenvalue weighted by Crippen LogP contribution is -2.33. The van der Waals surface area contributed by atoms with Crippen LogP contribution in [0.25, 0.3) is 0 Å². The molecule has 2 aromatic rings. The molecule has 5 nitrogen and oxygen atoms in total. The molecule has 4 rings (SSSR count). The van der Waals surface area contributed by atoms with Gasteiger partial charge < -0.3 is 14.6 Å². The number of methoxy groups -OCH3 is 1. The molecule has 4 atom stereocenters. The summed E-state index contributed by atoms with van der Waals surface area (Å²) in [5.41, 5.74) is 1.02. The van der Waals surface area contributed by atoms with Crippen LogP contribution < -0.4 is 10.1 Å². The van der Waals surface area contributed by atoms with Crippen molar-refractivity contribution in [2.24, 2.45) is 24.8 Å². The maximum absolute atomic E-state index is 12.8. The van der Waals surface area contributed by atoms with E-state index in [4.69, 9.17) is 4.74 Å². The van der Waals surface area contributed by atoms with Crippen LogP contribution in [0.15, 0.2) is 36.7 Å². The van der Waals surface area contributed by atoms with Gasteiger partial charge in [-0.25, -0.2) is 4.98 Å². The third-order valence-corrected chi connectivity index (χ3v) is 6.20. The number of nitrogens with one attached hydrogen (secondary N) is 1. The van der Waals surface area contributed by atoms with Gasteiger partial charge in [0.25, 0.3) is 0 Å². The first-order valence-electron chi connectivity index (χ1n) is 9.54. The second-order valence-corrected chi connectivity index (χ2v) is 7.81. The van der Waals surface area contributed by atoms with Crippen LogP contribution in [-0.4, -0.2) is 22.6 Å². The molecule has 1 N–H and O–H groups in total. The zero-order valence-electron chi connectivity index (χ0n) is 15.5. The van der Waals surface area contributed by atoms with Gasteiger partial charge in [-0.15, -0.1) is 0 Å². The fourth-order valence-corrected chi connectivity index (χ4v) is 4.83. The number of imidazole rings is 1. The van der Waals surface area contributed by atoms with Crippen LogP contribution in [0, 0.1) is 17.8 Å². The molecule has 0 radical (unpaired) electrons. The molecule has 2 bridgehead atoms. The van der Waals surface area contributed by atoms with Crippen LogP contribution in [0.2, 0.25) is 0 Å². The Kier molecular flexibility index (Phi) is 4.70. The van der Waals surface area contributed by atoms with Gasteiger partial charge in [-0.3, -0.25) is 4.79 Å². The number of carbonyl (C=O) groups excluding carboxylic acids is 1. The highest BCUT2D eigenvalue weighted by molar-refractivity contribution is 5.77. The predicted molar refractivity (Wildman–Crippen MR) is 99.7 cm³/mol. The monoisotopic (exact) mass is 353 g/mol. The maximum Gasteiger partial charge on any atom is 0.221 e. The van der Waals surface area contributed by atoms with E-state index in [-0.39, 0.29) is 11.9 Å². The molecule has 1 heterocycles. The number of hydrogen-bond acceptors (Lipinski definition) is 3. The van der Waals surface area contributed by atoms with E-state index in [0.29, 0.717) is 12.3 Å². The molecule has 26 heavy (non-hydrogen) atoms. The molecule has 138 valence electrons. The van der Waals surface area contributed by atoms with E-state index >= 15 is 0 Å². The molecule has 0 spiro atoms. The molecular weight excluding hydrogens is 326 g/mol. The van der Waals surface area contributed by atoms with Gasteiger partial charge in [-0.2, -0.15) is 0 Å². The minimum absolute atomic E-state index is 0.131. The predicted octanol–water partition coefficient (Wildman–Crippen LogP) is 3.46. The number of nitrogens with zero attached hydrogens (tertiary/aromatic N) is 2. The van der Waals surface area contributed by atoms with E-state index in [1.807, 2.05) is 42.1 Å². The van der Waals surface area contributed by atoms with E-state index in [1.54, 1.807) is 13.3 Å². The van der Waals surface area contributed by atoms with Crippen molar-refractivity contribution in [2.75, 3.05) is 7.11 Å². The number of rotatable bonds is 6. The second kappa shape index (κ2) is 7.14. The number of benzene rings is 1. The van der Waals surface area contributed by atoms with Gasteiger partial charge in [-0.05, 0) is 54.7 Å². The molecular formula is C21H27N3O2. The van der Waals surface area contributed by atoms with Crippen molar-refractivity contribution < 1.29 is 9.53 Å². The number of carbonyl (C=O) groups is 1. The summed E-state index contributed by atoms with van der Waals surface area (Å²) in [5.74, 6) is 3.97. The Bertz CT molecular complexity index is 768. The second-order valence-electron chi connectivity index (χ2n) is 7.81. The SMILES string of the molecule is COc1ccc([C@H](NC(=O)C[C@H]2C[C@H]3CC[C@H]2C3)c2nccn2C)cc1. The quantitative estimate of drug-likeness (QED) is 0.865. The fourth-order valence-electron chi connectivity index (χ4n) is 4.83. The summed E-state index contributed by atoms with van der Waals surface area (Å²) in [6.07, 6.45) is 9.56. The van der Waals surface area contributed by atoms with Crippen LogP contribution in [0.1, 0.15) is 49.5 Å². The lowest BCUT2D eigenvalue weighted by Gasteiger charge is -2.24. The van der Waals surface area contributed by atoms with Crippen LogP contribution >= 0.6 is 0 Å². The number of ether oxygens (including phenoxy) is 1. The Hall–Kier alpha value is -2.30. The van der Waals surface area contributed by atoms with Crippen molar-refractivity contribution in [3.8, 4) is 5.75 Å². The Morgan fingerprint density at radius 3 is 2.69 bits per heavy atom. The summed E-state index contributed by atoms with van der Waals surface area (Å²) in [6.45, 7) is 0. The summed E-state index contributed by atoms with van der Waals surface area (Å²) >= 11 is 0. The average molecular weight is 353 g/mol. The number of aryl methyl sites for hydroxylation is 1. The van der Waals surface area contributed by atoms with Gasteiger partial charge in [-0.1, -0.05) is 18.6 Å². The van der Waals surface area contributed by atoms with Crippen molar-refractivity contribution >= 4 is 5.91 Å². The van der Waals surface area contributed by atoms with Gasteiger partial charge in [0.05, 0.1) is 7.11 Å². The van der Waals surface area contributed by atoms with Gasteiger partial charge in [0.2, 0.25) is 5.91 Å². The summed E-state index contributed by atoms with van der Waals surface area (Å²) in [5, 5.41) is 3.24. The van der Waals surface area contributed by atoms with Gasteiger partial charge in [0.15, 0.2) is 0 Å². The molecule has 5 heteroatoms. The number of amides is 1. The van der Waals surface area contributed by atoms with Gasteiger partial charge in [0.1, 0.15) is 17.6 Å². The molecule has 2 saturated carbocycles. The lowest BCUT2D eigenvalue weighted by atomic mass is 9.86. The van der Waals surface area contributed by atoms with Crippen LogP contribution in [-0.2, 0) is 11.8 Å². The topological polar surface area (TPSA) is 56.1 Å². The van der Waals surface area contributed by atoms with Crippen molar-refractivity contribution in [3.05, 3.63) is 48.0 Å². The van der Waals surface area contributed by atoms with Crippen LogP contribution in [0.3, 0.4) is 0 Å². The molecule has 2 aliphatic carbocycles. The van der Waals surface area contributed by atoms with Crippen LogP contribution in [0.5, 0.6) is 5.75 Å². The Labute approximate surface area is 154 Å². The number of aromatic nitrogens is 2. The minimum Gasteiger partial charge on any atom is -0.497 e. The molecule has 0 unspecified atom stereocenters. The highest BCUT2D eigenvalue weighted by Gasteiger charge is 2.40. The molecule has 1 aromatic heterocycles. The Balaban J connectivity index is 1.51. The highest BCUT2D eigenvalue weighted by atomic mass is 16.5. The van der Waals surface area contributed by atoms with E-state index < -0.39 is 0 Å². The third-order valence-electron chi connectivity index (χ3n) is 6.20. The van der Waals surface area contributed by atoms with Crippen molar-refractivity contribution in [3.63, 3.8) is 0 Å². The van der Waals surface area contributed by atoms with Crippen molar-refractivity contribution in [1.82, 2.24) is 14.9 Å². The summed E-state index contributed by atoms with van der Waals surface area (Å²) < 4.78 is 7.22. The van der Waals surface area contributed by atoms with Gasteiger partial charge >= 0.3 is 0 Å².